The van der Waals surface area contributed by atoms with Crippen LogP contribution in [0.5, 0.6) is 0 Å². The lowest BCUT2D eigenvalue weighted by Gasteiger charge is -2.19. The molecule has 0 saturated heterocycles. The van der Waals surface area contributed by atoms with Crippen molar-refractivity contribution in [3.8, 4) is 0 Å². The first kappa shape index (κ1) is 12.1. The van der Waals surface area contributed by atoms with E-state index in [1.165, 1.54) is 10.9 Å². The summed E-state index contributed by atoms with van der Waals surface area (Å²) >= 11 is 0. The van der Waals surface area contributed by atoms with Crippen molar-refractivity contribution in [1.82, 2.24) is 9.55 Å². The van der Waals surface area contributed by atoms with Gasteiger partial charge in [0, 0.05) is 11.6 Å². The molecule has 0 unspecified atom stereocenters. The van der Waals surface area contributed by atoms with E-state index in [2.05, 4.69) is 4.98 Å². The summed E-state index contributed by atoms with van der Waals surface area (Å²) in [7, 11) is 0. The minimum absolute atomic E-state index is 0.0817. The average molecular weight is 238 g/mol. The zero-order valence-corrected chi connectivity index (χ0v) is 10.4. The van der Waals surface area contributed by atoms with Crippen LogP contribution in [0.2, 0.25) is 0 Å². The van der Waals surface area contributed by atoms with Gasteiger partial charge in [0.15, 0.2) is 0 Å². The minimum atomic E-state index is -0.518. The second-order valence-corrected chi connectivity index (χ2v) is 5.58. The van der Waals surface area contributed by atoms with E-state index in [9.17, 15) is 9.90 Å². The summed E-state index contributed by atoms with van der Waals surface area (Å²) in [4.78, 5) is 15.9. The van der Waals surface area contributed by atoms with Crippen LogP contribution in [0.4, 0.5) is 4.79 Å². The SMILES string of the molecule is CC(C)(C)OC(=O)n1cnc(C2(CO)CC2)c1. The van der Waals surface area contributed by atoms with Gasteiger partial charge in [-0.25, -0.2) is 14.3 Å². The maximum Gasteiger partial charge on any atom is 0.419 e. The topological polar surface area (TPSA) is 64.4 Å². The first-order valence-electron chi connectivity index (χ1n) is 5.75. The molecular weight excluding hydrogens is 220 g/mol. The van der Waals surface area contributed by atoms with E-state index in [-0.39, 0.29) is 12.0 Å². The summed E-state index contributed by atoms with van der Waals surface area (Å²) in [5.41, 5.74) is 0.0362. The summed E-state index contributed by atoms with van der Waals surface area (Å²) in [6.45, 7) is 5.54. The molecule has 0 aliphatic heterocycles. The highest BCUT2D eigenvalue weighted by molar-refractivity contribution is 5.70. The number of carbonyl (C=O) groups is 1. The van der Waals surface area contributed by atoms with Crippen molar-refractivity contribution < 1.29 is 14.6 Å². The maximum atomic E-state index is 11.7. The molecule has 0 atom stereocenters. The summed E-state index contributed by atoms with van der Waals surface area (Å²) in [6.07, 6.45) is 4.50. The molecule has 2 rings (SSSR count). The first-order chi connectivity index (χ1) is 7.86. The molecule has 0 aromatic carbocycles. The van der Waals surface area contributed by atoms with Gasteiger partial charge < -0.3 is 9.84 Å². The Hall–Kier alpha value is -1.36. The molecule has 0 radical (unpaired) electrons. The lowest BCUT2D eigenvalue weighted by molar-refractivity contribution is 0.0536. The third kappa shape index (κ3) is 2.49. The van der Waals surface area contributed by atoms with Crippen LogP contribution < -0.4 is 0 Å². The molecule has 1 fully saturated rings. The van der Waals surface area contributed by atoms with Gasteiger partial charge in [-0.3, -0.25) is 0 Å². The molecule has 1 aromatic heterocycles. The van der Waals surface area contributed by atoms with Gasteiger partial charge in [-0.15, -0.1) is 0 Å². The fraction of sp³-hybridized carbons (Fsp3) is 0.667. The molecule has 0 amide bonds. The van der Waals surface area contributed by atoms with Crippen molar-refractivity contribution >= 4 is 6.09 Å². The number of aliphatic hydroxyl groups is 1. The second-order valence-electron chi connectivity index (χ2n) is 5.58. The van der Waals surface area contributed by atoms with Crippen LogP contribution in [0.1, 0.15) is 39.3 Å². The molecule has 94 valence electrons. The van der Waals surface area contributed by atoms with Gasteiger partial charge in [-0.2, -0.15) is 0 Å². The van der Waals surface area contributed by atoms with Crippen LogP contribution in [0, 0.1) is 0 Å². The fourth-order valence-corrected chi connectivity index (χ4v) is 1.66. The Morgan fingerprint density at radius 2 is 2.24 bits per heavy atom. The normalized spacial score (nSPS) is 17.9. The van der Waals surface area contributed by atoms with E-state index in [4.69, 9.17) is 4.74 Å². The number of aliphatic hydroxyl groups excluding tert-OH is 1. The number of ether oxygens (including phenoxy) is 1. The number of aromatic nitrogens is 2. The highest BCUT2D eigenvalue weighted by Gasteiger charge is 2.45. The molecule has 1 saturated carbocycles. The standard InChI is InChI=1S/C12H18N2O3/c1-11(2,3)17-10(16)14-6-9(13-8-14)12(7-15)4-5-12/h6,8,15H,4-5,7H2,1-3H3. The monoisotopic (exact) mass is 238 g/mol. The van der Waals surface area contributed by atoms with Crippen molar-refractivity contribution in [2.75, 3.05) is 6.61 Å². The molecular formula is C12H18N2O3. The Bertz CT molecular complexity index is 427. The average Bonchev–Trinajstić information content (AvgIpc) is 2.85. The lowest BCUT2D eigenvalue weighted by Crippen LogP contribution is -2.26. The van der Waals surface area contributed by atoms with Crippen molar-refractivity contribution in [3.63, 3.8) is 0 Å². The van der Waals surface area contributed by atoms with Gasteiger partial charge in [0.25, 0.3) is 0 Å². The Kier molecular flexibility index (Phi) is 2.73. The van der Waals surface area contributed by atoms with Crippen LogP contribution >= 0.6 is 0 Å². The summed E-state index contributed by atoms with van der Waals surface area (Å²) < 4.78 is 6.56. The van der Waals surface area contributed by atoms with Crippen molar-refractivity contribution in [2.24, 2.45) is 0 Å². The van der Waals surface area contributed by atoms with Gasteiger partial charge in [0.05, 0.1) is 12.3 Å². The summed E-state index contributed by atoms with van der Waals surface area (Å²) in [5, 5.41) is 9.28. The van der Waals surface area contributed by atoms with Gasteiger partial charge in [-0.1, -0.05) is 0 Å². The fourth-order valence-electron chi connectivity index (χ4n) is 1.66. The minimum Gasteiger partial charge on any atom is -0.443 e. The molecule has 1 aliphatic carbocycles. The van der Waals surface area contributed by atoms with Crippen molar-refractivity contribution in [3.05, 3.63) is 18.2 Å². The summed E-state index contributed by atoms with van der Waals surface area (Å²) in [6, 6.07) is 0. The quantitative estimate of drug-likeness (QED) is 0.851. The van der Waals surface area contributed by atoms with Crippen LogP contribution in [-0.2, 0) is 10.2 Å². The highest BCUT2D eigenvalue weighted by atomic mass is 16.6. The van der Waals surface area contributed by atoms with E-state index < -0.39 is 11.7 Å². The van der Waals surface area contributed by atoms with Crippen LogP contribution in [0.15, 0.2) is 12.5 Å². The predicted molar refractivity (Wildman–Crippen MR) is 61.9 cm³/mol. The molecule has 1 N–H and O–H groups in total. The smallest absolute Gasteiger partial charge is 0.419 e. The van der Waals surface area contributed by atoms with Crippen molar-refractivity contribution in [2.45, 2.75) is 44.6 Å². The van der Waals surface area contributed by atoms with Gasteiger partial charge in [0.1, 0.15) is 11.9 Å². The number of nitrogens with zero attached hydrogens (tertiary/aromatic N) is 2. The molecule has 5 heteroatoms. The lowest BCUT2D eigenvalue weighted by atomic mass is 10.1. The zero-order valence-electron chi connectivity index (χ0n) is 10.4. The van der Waals surface area contributed by atoms with Crippen LogP contribution in [-0.4, -0.2) is 33.0 Å². The molecule has 1 aromatic rings. The van der Waals surface area contributed by atoms with E-state index in [0.717, 1.165) is 18.5 Å². The molecule has 1 heterocycles. The molecule has 17 heavy (non-hydrogen) atoms. The number of rotatable bonds is 2. The number of hydrogen-bond donors (Lipinski definition) is 1. The molecule has 5 nitrogen and oxygen atoms in total. The molecule has 1 aliphatic rings. The van der Waals surface area contributed by atoms with Gasteiger partial charge >= 0.3 is 6.09 Å². The van der Waals surface area contributed by atoms with Crippen molar-refractivity contribution in [1.29, 1.82) is 0 Å². The third-order valence-electron chi connectivity index (χ3n) is 2.89. The second kappa shape index (κ2) is 3.84. The largest absolute Gasteiger partial charge is 0.443 e. The Morgan fingerprint density at radius 1 is 1.59 bits per heavy atom. The zero-order chi connectivity index (χ0) is 12.7. The van der Waals surface area contributed by atoms with Gasteiger partial charge in [0.2, 0.25) is 0 Å². The van der Waals surface area contributed by atoms with Crippen LogP contribution in [0.3, 0.4) is 0 Å². The third-order valence-corrected chi connectivity index (χ3v) is 2.89. The van der Waals surface area contributed by atoms with E-state index in [0.29, 0.717) is 0 Å². The highest BCUT2D eigenvalue weighted by Crippen LogP contribution is 2.46. The maximum absolute atomic E-state index is 11.7. The van der Waals surface area contributed by atoms with E-state index in [1.54, 1.807) is 6.20 Å². The molecule has 0 bridgehead atoms. The Morgan fingerprint density at radius 3 is 2.71 bits per heavy atom. The molecule has 0 spiro atoms. The predicted octanol–water partition coefficient (Wildman–Crippen LogP) is 1.69. The first-order valence-corrected chi connectivity index (χ1v) is 5.75. The Balaban J connectivity index is 2.11. The van der Waals surface area contributed by atoms with E-state index in [1.807, 2.05) is 20.8 Å². The van der Waals surface area contributed by atoms with Crippen LogP contribution in [0.25, 0.3) is 0 Å². The number of carbonyl (C=O) groups excluding carboxylic acids is 1. The number of hydrogen-bond acceptors (Lipinski definition) is 4. The Labute approximate surface area is 100 Å². The van der Waals surface area contributed by atoms with Gasteiger partial charge in [-0.05, 0) is 33.6 Å². The number of imidazole rings is 1. The van der Waals surface area contributed by atoms with E-state index >= 15 is 0 Å². The summed E-state index contributed by atoms with van der Waals surface area (Å²) in [5.74, 6) is 0.